The maximum Gasteiger partial charge on any atom is 0.250 e. The first-order valence-corrected chi connectivity index (χ1v) is 7.08. The van der Waals surface area contributed by atoms with E-state index in [-0.39, 0.29) is 4.21 Å². The highest BCUT2D eigenvalue weighted by Crippen LogP contribution is 2.29. The van der Waals surface area contributed by atoms with Crippen molar-refractivity contribution in [3.63, 3.8) is 0 Å². The van der Waals surface area contributed by atoms with E-state index >= 15 is 0 Å². The third-order valence-corrected chi connectivity index (χ3v) is 5.41. The molecule has 0 aromatic carbocycles. The highest BCUT2D eigenvalue weighted by atomic mass is 35.5. The van der Waals surface area contributed by atoms with Gasteiger partial charge < -0.3 is 10.2 Å². The third-order valence-electron chi connectivity index (χ3n) is 1.86. The Labute approximate surface area is 103 Å². The molecule has 0 unspecified atom stereocenters. The standard InChI is InChI=1S/C8H12ClNO4S2/c1-5-2-7(15-8(5)9)16(13,14)10-6(3-11)4-12/h2,6,10-12H,3-4H2,1H3. The van der Waals surface area contributed by atoms with Crippen molar-refractivity contribution in [3.8, 4) is 0 Å². The number of hydrogen-bond acceptors (Lipinski definition) is 5. The number of thiophene rings is 1. The highest BCUT2D eigenvalue weighted by molar-refractivity contribution is 7.91. The molecule has 1 aromatic heterocycles. The molecular formula is C8H12ClNO4S2. The van der Waals surface area contributed by atoms with E-state index in [9.17, 15) is 8.42 Å². The fourth-order valence-corrected chi connectivity index (χ4v) is 3.92. The van der Waals surface area contributed by atoms with Crippen LogP contribution in [-0.2, 0) is 10.0 Å². The lowest BCUT2D eigenvalue weighted by Crippen LogP contribution is -2.39. The van der Waals surface area contributed by atoms with Gasteiger partial charge >= 0.3 is 0 Å². The van der Waals surface area contributed by atoms with E-state index < -0.39 is 29.3 Å². The summed E-state index contributed by atoms with van der Waals surface area (Å²) in [5, 5.41) is 17.6. The van der Waals surface area contributed by atoms with Gasteiger partial charge in [-0.15, -0.1) is 11.3 Å². The normalized spacial score (nSPS) is 12.3. The molecule has 0 fully saturated rings. The fraction of sp³-hybridized carbons (Fsp3) is 0.500. The summed E-state index contributed by atoms with van der Waals surface area (Å²) in [6.45, 7) is 0.773. The van der Waals surface area contributed by atoms with Gasteiger partial charge in [-0.05, 0) is 18.6 Å². The lowest BCUT2D eigenvalue weighted by molar-refractivity contribution is 0.185. The van der Waals surface area contributed by atoms with Crippen LogP contribution in [0.2, 0.25) is 4.34 Å². The fourth-order valence-electron chi connectivity index (χ4n) is 0.974. The zero-order valence-electron chi connectivity index (χ0n) is 8.47. The summed E-state index contributed by atoms with van der Waals surface area (Å²) in [5.41, 5.74) is 0.677. The quantitative estimate of drug-likeness (QED) is 0.728. The topological polar surface area (TPSA) is 86.6 Å². The van der Waals surface area contributed by atoms with Crippen molar-refractivity contribution < 1.29 is 18.6 Å². The molecule has 5 nitrogen and oxygen atoms in total. The molecule has 1 rings (SSSR count). The number of rotatable bonds is 5. The number of aliphatic hydroxyl groups excluding tert-OH is 2. The predicted octanol–water partition coefficient (Wildman–Crippen LogP) is 0.341. The summed E-state index contributed by atoms with van der Waals surface area (Å²) < 4.78 is 26.1. The molecule has 0 atom stereocenters. The lowest BCUT2D eigenvalue weighted by Gasteiger charge is -2.12. The van der Waals surface area contributed by atoms with Gasteiger partial charge in [0.2, 0.25) is 0 Å². The molecule has 92 valence electrons. The van der Waals surface area contributed by atoms with Crippen LogP contribution in [0.25, 0.3) is 0 Å². The van der Waals surface area contributed by atoms with Crippen LogP contribution in [0.4, 0.5) is 0 Å². The van der Waals surface area contributed by atoms with Gasteiger partial charge in [-0.3, -0.25) is 0 Å². The van der Waals surface area contributed by atoms with E-state index in [0.29, 0.717) is 9.90 Å². The summed E-state index contributed by atoms with van der Waals surface area (Å²) in [5.74, 6) is 0. The Hall–Kier alpha value is -0.180. The van der Waals surface area contributed by atoms with Gasteiger partial charge in [-0.1, -0.05) is 11.6 Å². The molecule has 0 aliphatic carbocycles. The number of aliphatic hydroxyl groups is 2. The maximum absolute atomic E-state index is 11.7. The van der Waals surface area contributed by atoms with Crippen molar-refractivity contribution in [2.75, 3.05) is 13.2 Å². The van der Waals surface area contributed by atoms with Gasteiger partial charge in [0, 0.05) is 0 Å². The average molecular weight is 286 g/mol. The molecule has 0 radical (unpaired) electrons. The molecule has 0 aliphatic rings. The van der Waals surface area contributed by atoms with E-state index in [2.05, 4.69) is 4.72 Å². The van der Waals surface area contributed by atoms with Crippen LogP contribution in [0, 0.1) is 6.92 Å². The molecule has 0 saturated heterocycles. The maximum atomic E-state index is 11.7. The first kappa shape index (κ1) is 13.9. The van der Waals surface area contributed by atoms with Crippen molar-refractivity contribution in [2.45, 2.75) is 17.2 Å². The summed E-state index contributed by atoms with van der Waals surface area (Å²) in [7, 11) is -3.72. The van der Waals surface area contributed by atoms with Crippen molar-refractivity contribution in [1.82, 2.24) is 4.72 Å². The molecular weight excluding hydrogens is 274 g/mol. The first-order chi connectivity index (χ1) is 7.40. The minimum absolute atomic E-state index is 0.0712. The van der Waals surface area contributed by atoms with E-state index in [4.69, 9.17) is 21.8 Å². The Balaban J connectivity index is 2.94. The van der Waals surface area contributed by atoms with Gasteiger partial charge in [0.05, 0.1) is 23.6 Å². The smallest absolute Gasteiger partial charge is 0.250 e. The molecule has 0 spiro atoms. The summed E-state index contributed by atoms with van der Waals surface area (Å²) in [6, 6.07) is 0.549. The number of aryl methyl sites for hydroxylation is 1. The van der Waals surface area contributed by atoms with E-state index in [0.717, 1.165) is 11.3 Å². The minimum atomic E-state index is -3.72. The monoisotopic (exact) mass is 285 g/mol. The van der Waals surface area contributed by atoms with Crippen LogP contribution >= 0.6 is 22.9 Å². The molecule has 0 amide bonds. The molecule has 0 aliphatic heterocycles. The van der Waals surface area contributed by atoms with Crippen LogP contribution in [0.15, 0.2) is 10.3 Å². The first-order valence-electron chi connectivity index (χ1n) is 4.40. The lowest BCUT2D eigenvalue weighted by atomic mass is 10.4. The van der Waals surface area contributed by atoms with E-state index in [1.54, 1.807) is 6.92 Å². The predicted molar refractivity (Wildman–Crippen MR) is 62.3 cm³/mol. The Kier molecular flexibility index (Phi) is 4.72. The Bertz CT molecular complexity index is 433. The second-order valence-corrected chi connectivity index (χ2v) is 6.80. The van der Waals surface area contributed by atoms with E-state index in [1.807, 2.05) is 0 Å². The minimum Gasteiger partial charge on any atom is -0.395 e. The molecule has 0 bridgehead atoms. The zero-order valence-corrected chi connectivity index (χ0v) is 10.9. The second-order valence-electron chi connectivity index (χ2n) is 3.21. The molecule has 1 aromatic rings. The highest BCUT2D eigenvalue weighted by Gasteiger charge is 2.21. The van der Waals surface area contributed by atoms with Crippen LogP contribution in [0.1, 0.15) is 5.56 Å². The third kappa shape index (κ3) is 3.16. The molecule has 8 heteroatoms. The second kappa shape index (κ2) is 5.44. The van der Waals surface area contributed by atoms with Gasteiger partial charge in [-0.25, -0.2) is 13.1 Å². The number of sulfonamides is 1. The number of hydrogen-bond donors (Lipinski definition) is 3. The van der Waals surface area contributed by atoms with Crippen LogP contribution in [0.3, 0.4) is 0 Å². The zero-order chi connectivity index (χ0) is 12.3. The van der Waals surface area contributed by atoms with Crippen LogP contribution < -0.4 is 4.72 Å². The van der Waals surface area contributed by atoms with Crippen molar-refractivity contribution in [1.29, 1.82) is 0 Å². The number of nitrogens with one attached hydrogen (secondary N) is 1. The van der Waals surface area contributed by atoms with Crippen molar-refractivity contribution >= 4 is 33.0 Å². The van der Waals surface area contributed by atoms with Gasteiger partial charge in [0.15, 0.2) is 0 Å². The van der Waals surface area contributed by atoms with Crippen molar-refractivity contribution in [3.05, 3.63) is 16.0 Å². The van der Waals surface area contributed by atoms with Crippen molar-refractivity contribution in [2.24, 2.45) is 0 Å². The van der Waals surface area contributed by atoms with Gasteiger partial charge in [-0.2, -0.15) is 0 Å². The van der Waals surface area contributed by atoms with Gasteiger partial charge in [0.25, 0.3) is 10.0 Å². The largest absolute Gasteiger partial charge is 0.395 e. The summed E-state index contributed by atoms with van der Waals surface area (Å²) in [6.07, 6.45) is 0. The summed E-state index contributed by atoms with van der Waals surface area (Å²) >= 11 is 6.70. The molecule has 0 saturated carbocycles. The Morgan fingerprint density at radius 1 is 1.50 bits per heavy atom. The van der Waals surface area contributed by atoms with Gasteiger partial charge in [0.1, 0.15) is 4.21 Å². The molecule has 1 heterocycles. The Morgan fingerprint density at radius 3 is 2.44 bits per heavy atom. The Morgan fingerprint density at radius 2 is 2.06 bits per heavy atom. The average Bonchev–Trinajstić information content (AvgIpc) is 2.56. The van der Waals surface area contributed by atoms with Crippen LogP contribution in [0.5, 0.6) is 0 Å². The number of halogens is 1. The SMILES string of the molecule is Cc1cc(S(=O)(=O)NC(CO)CO)sc1Cl. The molecule has 16 heavy (non-hydrogen) atoms. The van der Waals surface area contributed by atoms with Crippen LogP contribution in [-0.4, -0.2) is 37.9 Å². The molecule has 3 N–H and O–H groups in total. The van der Waals surface area contributed by atoms with E-state index in [1.165, 1.54) is 6.07 Å². The summed E-state index contributed by atoms with van der Waals surface area (Å²) in [4.78, 5) is 0.